The largest absolute Gasteiger partial charge is 0.380 e. The third-order valence-electron chi connectivity index (χ3n) is 5.15. The first-order chi connectivity index (χ1) is 13.3. The molecule has 0 aliphatic heterocycles. The molecule has 8 heteroatoms. The summed E-state index contributed by atoms with van der Waals surface area (Å²) in [4.78, 5) is 9.71. The second-order valence-electron chi connectivity index (χ2n) is 6.93. The summed E-state index contributed by atoms with van der Waals surface area (Å²) in [7, 11) is 0. The van der Waals surface area contributed by atoms with Crippen LogP contribution in [0.3, 0.4) is 0 Å². The number of benzene rings is 1. The lowest BCUT2D eigenvalue weighted by Crippen LogP contribution is -2.06. The second kappa shape index (κ2) is 5.51. The zero-order chi connectivity index (χ0) is 18.0. The normalized spacial score (nSPS) is 15.7. The van der Waals surface area contributed by atoms with E-state index in [-0.39, 0.29) is 0 Å². The molecule has 1 aromatic carbocycles. The summed E-state index contributed by atoms with van der Waals surface area (Å²) in [6.45, 7) is 0. The lowest BCUT2D eigenvalue weighted by molar-refractivity contribution is 0.208. The van der Waals surface area contributed by atoms with Gasteiger partial charge >= 0.3 is 0 Å². The van der Waals surface area contributed by atoms with E-state index < -0.39 is 6.10 Å². The third kappa shape index (κ3) is 2.27. The van der Waals surface area contributed by atoms with Crippen LogP contribution in [-0.2, 0) is 0 Å². The van der Waals surface area contributed by atoms with Gasteiger partial charge in [0.25, 0.3) is 0 Å². The number of aliphatic hydroxyl groups is 1. The number of hydrogen-bond donors (Lipinski definition) is 2. The summed E-state index contributed by atoms with van der Waals surface area (Å²) in [5.74, 6) is 0.545. The molecule has 7 nitrogen and oxygen atoms in total. The van der Waals surface area contributed by atoms with Gasteiger partial charge in [0.1, 0.15) is 23.0 Å². The molecule has 4 aromatic heterocycles. The van der Waals surface area contributed by atoms with E-state index >= 15 is 0 Å². The van der Waals surface area contributed by atoms with Gasteiger partial charge in [-0.1, -0.05) is 11.3 Å². The van der Waals surface area contributed by atoms with E-state index in [0.717, 1.165) is 27.1 Å². The number of aliphatic hydroxyl groups excluding tert-OH is 1. The Morgan fingerprint density at radius 3 is 3.07 bits per heavy atom. The van der Waals surface area contributed by atoms with E-state index in [1.807, 2.05) is 47.3 Å². The summed E-state index contributed by atoms with van der Waals surface area (Å²) in [5, 5.41) is 20.7. The van der Waals surface area contributed by atoms with Gasteiger partial charge < -0.3 is 10.1 Å². The molecule has 134 valence electrons. The van der Waals surface area contributed by atoms with Crippen molar-refractivity contribution in [2.45, 2.75) is 24.9 Å². The maximum absolute atomic E-state index is 11.1. The molecule has 0 bridgehead atoms. The number of nitrogens with one attached hydrogen (secondary N) is 1. The van der Waals surface area contributed by atoms with Gasteiger partial charge in [0.05, 0.1) is 23.8 Å². The van der Waals surface area contributed by atoms with Crippen LogP contribution in [0, 0.1) is 0 Å². The van der Waals surface area contributed by atoms with E-state index in [1.54, 1.807) is 22.3 Å². The minimum absolute atomic E-state index is 0.540. The van der Waals surface area contributed by atoms with E-state index in [1.165, 1.54) is 17.7 Å². The van der Waals surface area contributed by atoms with Gasteiger partial charge in [0.15, 0.2) is 0 Å². The summed E-state index contributed by atoms with van der Waals surface area (Å²) in [6, 6.07) is 8.01. The monoisotopic (exact) mass is 376 g/mol. The summed E-state index contributed by atoms with van der Waals surface area (Å²) in [6.07, 6.45) is 8.85. The van der Waals surface area contributed by atoms with Crippen molar-refractivity contribution in [3.8, 4) is 5.69 Å². The fourth-order valence-electron chi connectivity index (χ4n) is 3.66. The van der Waals surface area contributed by atoms with Crippen LogP contribution < -0.4 is 0 Å². The van der Waals surface area contributed by atoms with Gasteiger partial charge in [0, 0.05) is 22.0 Å². The van der Waals surface area contributed by atoms with Crippen molar-refractivity contribution in [1.29, 1.82) is 0 Å². The van der Waals surface area contributed by atoms with E-state index in [9.17, 15) is 5.11 Å². The van der Waals surface area contributed by atoms with Crippen LogP contribution >= 0.6 is 11.3 Å². The molecule has 1 aliphatic carbocycles. The van der Waals surface area contributed by atoms with E-state index in [0.29, 0.717) is 11.6 Å². The molecule has 1 atom stereocenters. The number of rotatable bonds is 4. The van der Waals surface area contributed by atoms with Crippen molar-refractivity contribution in [1.82, 2.24) is 29.4 Å². The molecule has 4 heterocycles. The standard InChI is InChI=1S/C19H16N6OS/c26-18(17-19(11-4-5-11)27-16-8-20-10-24(16)17)14-9-25(23-22-14)15-3-1-2-13-12(15)6-7-21-13/h1-3,6-11,18,21,26H,4-5H2. The lowest BCUT2D eigenvalue weighted by atomic mass is 10.1. The smallest absolute Gasteiger partial charge is 0.141 e. The van der Waals surface area contributed by atoms with Crippen LogP contribution in [0.1, 0.15) is 41.1 Å². The first-order valence-corrected chi connectivity index (χ1v) is 9.72. The minimum Gasteiger partial charge on any atom is -0.380 e. The Labute approximate surface area is 157 Å². The Balaban J connectivity index is 1.45. The van der Waals surface area contributed by atoms with Crippen molar-refractivity contribution >= 4 is 27.1 Å². The van der Waals surface area contributed by atoms with Crippen molar-refractivity contribution in [3.63, 3.8) is 0 Å². The first kappa shape index (κ1) is 15.1. The average molecular weight is 376 g/mol. The maximum atomic E-state index is 11.1. The second-order valence-corrected chi connectivity index (χ2v) is 8.00. The highest BCUT2D eigenvalue weighted by Gasteiger charge is 2.33. The Bertz CT molecular complexity index is 1270. The van der Waals surface area contributed by atoms with Crippen LogP contribution in [0.4, 0.5) is 0 Å². The molecular formula is C19H16N6OS. The van der Waals surface area contributed by atoms with Crippen LogP contribution in [0.15, 0.2) is 49.2 Å². The van der Waals surface area contributed by atoms with Crippen LogP contribution in [0.25, 0.3) is 21.4 Å². The number of aromatic nitrogens is 6. The Morgan fingerprint density at radius 2 is 2.19 bits per heavy atom. The zero-order valence-corrected chi connectivity index (χ0v) is 15.1. The molecule has 0 spiro atoms. The molecule has 0 radical (unpaired) electrons. The Morgan fingerprint density at radius 1 is 1.26 bits per heavy atom. The van der Waals surface area contributed by atoms with E-state index in [4.69, 9.17) is 0 Å². The molecule has 27 heavy (non-hydrogen) atoms. The molecule has 0 amide bonds. The van der Waals surface area contributed by atoms with Gasteiger partial charge in [-0.25, -0.2) is 9.67 Å². The quantitative estimate of drug-likeness (QED) is 0.503. The van der Waals surface area contributed by atoms with Gasteiger partial charge in [0.2, 0.25) is 0 Å². The maximum Gasteiger partial charge on any atom is 0.141 e. The van der Waals surface area contributed by atoms with Crippen LogP contribution in [0.5, 0.6) is 0 Å². The molecule has 5 aromatic rings. The van der Waals surface area contributed by atoms with Crippen molar-refractivity contribution in [2.75, 3.05) is 0 Å². The number of aromatic amines is 1. The minimum atomic E-state index is -0.831. The molecule has 1 fully saturated rings. The number of H-pyrrole nitrogens is 1. The molecule has 6 rings (SSSR count). The van der Waals surface area contributed by atoms with Crippen molar-refractivity contribution in [2.24, 2.45) is 0 Å². The highest BCUT2D eigenvalue weighted by atomic mass is 32.1. The molecule has 1 saturated carbocycles. The van der Waals surface area contributed by atoms with Gasteiger partial charge in [-0.2, -0.15) is 0 Å². The zero-order valence-electron chi connectivity index (χ0n) is 14.3. The fraction of sp³-hybridized carbons (Fsp3) is 0.211. The number of hydrogen-bond acceptors (Lipinski definition) is 5. The van der Waals surface area contributed by atoms with E-state index in [2.05, 4.69) is 20.3 Å². The van der Waals surface area contributed by atoms with Gasteiger partial charge in [-0.05, 0) is 37.0 Å². The average Bonchev–Trinajstić information content (AvgIpc) is 3.12. The fourth-order valence-corrected chi connectivity index (χ4v) is 4.96. The number of thiazole rings is 1. The summed E-state index contributed by atoms with van der Waals surface area (Å²) >= 11 is 1.71. The highest BCUT2D eigenvalue weighted by molar-refractivity contribution is 7.17. The molecule has 2 N–H and O–H groups in total. The molecular weight excluding hydrogens is 360 g/mol. The topological polar surface area (TPSA) is 84.0 Å². The number of fused-ring (bicyclic) bond motifs is 2. The first-order valence-electron chi connectivity index (χ1n) is 8.91. The SMILES string of the molecule is OC(c1cn(-c2cccc3[nH]ccc23)nn1)c1c(C2CC2)sc2cncn12. The molecule has 0 saturated heterocycles. The van der Waals surface area contributed by atoms with Gasteiger partial charge in [-0.15, -0.1) is 16.4 Å². The van der Waals surface area contributed by atoms with Crippen LogP contribution in [0.2, 0.25) is 0 Å². The van der Waals surface area contributed by atoms with Crippen LogP contribution in [-0.4, -0.2) is 34.5 Å². The van der Waals surface area contributed by atoms with Crippen molar-refractivity contribution in [3.05, 3.63) is 65.4 Å². The lowest BCUT2D eigenvalue weighted by Gasteiger charge is -2.09. The third-order valence-corrected chi connectivity index (χ3v) is 6.42. The predicted molar refractivity (Wildman–Crippen MR) is 102 cm³/mol. The number of imidazole rings is 1. The highest BCUT2D eigenvalue weighted by Crippen LogP contribution is 2.47. The Kier molecular flexibility index (Phi) is 3.09. The predicted octanol–water partition coefficient (Wildman–Crippen LogP) is 3.42. The summed E-state index contributed by atoms with van der Waals surface area (Å²) < 4.78 is 3.71. The summed E-state index contributed by atoms with van der Waals surface area (Å²) in [5.41, 5.74) is 3.39. The Hall–Kier alpha value is -2.97. The molecule has 1 aliphatic rings. The van der Waals surface area contributed by atoms with Crippen molar-refractivity contribution < 1.29 is 5.11 Å². The number of nitrogens with zero attached hydrogens (tertiary/aromatic N) is 5. The van der Waals surface area contributed by atoms with Gasteiger partial charge in [-0.3, -0.25) is 4.40 Å². The molecule has 1 unspecified atom stereocenters.